The first-order chi connectivity index (χ1) is 14.9. The highest BCUT2D eigenvalue weighted by Gasteiger charge is 2.33. The van der Waals surface area contributed by atoms with Gasteiger partial charge in [0.25, 0.3) is 0 Å². The second kappa shape index (κ2) is 9.08. The lowest BCUT2D eigenvalue weighted by Gasteiger charge is -2.44. The van der Waals surface area contributed by atoms with E-state index in [1.54, 1.807) is 7.11 Å². The number of nitrogens with zero attached hydrogens (tertiary/aromatic N) is 1. The van der Waals surface area contributed by atoms with Crippen LogP contribution in [0.25, 0.3) is 0 Å². The first-order valence-electron chi connectivity index (χ1n) is 11.2. The second-order valence-electron chi connectivity index (χ2n) is 9.13. The molecule has 1 aliphatic rings. The molecule has 0 saturated carbocycles. The lowest BCUT2D eigenvalue weighted by atomic mass is 9.85. The van der Waals surface area contributed by atoms with Crippen molar-refractivity contribution < 1.29 is 4.74 Å². The predicted molar refractivity (Wildman–Crippen MR) is 134 cm³/mol. The third-order valence-corrected chi connectivity index (χ3v) is 7.00. The number of methoxy groups -OCH3 is 1. The molecule has 31 heavy (non-hydrogen) atoms. The number of ether oxygens (including phenoxy) is 1. The molecule has 2 atom stereocenters. The van der Waals surface area contributed by atoms with Crippen LogP contribution in [0.4, 0.5) is 5.69 Å². The van der Waals surface area contributed by atoms with E-state index in [4.69, 9.17) is 4.74 Å². The fourth-order valence-corrected chi connectivity index (χ4v) is 5.16. The molecule has 0 fully saturated rings. The van der Waals surface area contributed by atoms with Gasteiger partial charge in [0.1, 0.15) is 5.75 Å². The minimum Gasteiger partial charge on any atom is -0.497 e. The maximum absolute atomic E-state index is 5.52. The molecule has 3 aromatic carbocycles. The molecule has 0 N–H and O–H groups in total. The van der Waals surface area contributed by atoms with Crippen LogP contribution in [0.1, 0.15) is 60.7 Å². The van der Waals surface area contributed by atoms with E-state index in [9.17, 15) is 0 Å². The zero-order valence-electron chi connectivity index (χ0n) is 19.2. The summed E-state index contributed by atoms with van der Waals surface area (Å²) in [4.78, 5) is 2.60. The van der Waals surface area contributed by atoms with Gasteiger partial charge in [0.15, 0.2) is 0 Å². The second-order valence-corrected chi connectivity index (χ2v) is 10.0. The molecule has 3 aromatic rings. The van der Waals surface area contributed by atoms with Gasteiger partial charge in [-0.3, -0.25) is 0 Å². The SMILES string of the molecule is COc1ccc2c(c1)CC(c1ccc(Br)cc1)N(c1ccc(CC(C)C)c(C)c1)C2C. The van der Waals surface area contributed by atoms with Crippen LogP contribution >= 0.6 is 15.9 Å². The summed E-state index contributed by atoms with van der Waals surface area (Å²) >= 11 is 3.59. The van der Waals surface area contributed by atoms with Crippen molar-refractivity contribution in [2.45, 2.75) is 52.6 Å². The monoisotopic (exact) mass is 477 g/mol. The fraction of sp³-hybridized carbons (Fsp3) is 0.357. The highest BCUT2D eigenvalue weighted by molar-refractivity contribution is 9.10. The summed E-state index contributed by atoms with van der Waals surface area (Å²) in [5, 5.41) is 0. The van der Waals surface area contributed by atoms with E-state index in [1.807, 2.05) is 0 Å². The maximum Gasteiger partial charge on any atom is 0.119 e. The maximum atomic E-state index is 5.52. The topological polar surface area (TPSA) is 12.5 Å². The van der Waals surface area contributed by atoms with Gasteiger partial charge in [-0.25, -0.2) is 0 Å². The third kappa shape index (κ3) is 4.52. The van der Waals surface area contributed by atoms with Crippen LogP contribution in [0.15, 0.2) is 65.1 Å². The minimum absolute atomic E-state index is 0.276. The molecule has 2 nitrogen and oxygen atoms in total. The molecule has 0 bridgehead atoms. The quantitative estimate of drug-likeness (QED) is 0.371. The predicted octanol–water partition coefficient (Wildman–Crippen LogP) is 7.83. The molecule has 0 radical (unpaired) electrons. The first-order valence-corrected chi connectivity index (χ1v) is 12.0. The minimum atomic E-state index is 0.276. The van der Waals surface area contributed by atoms with Crippen molar-refractivity contribution in [2.24, 2.45) is 5.92 Å². The van der Waals surface area contributed by atoms with Crippen molar-refractivity contribution in [3.8, 4) is 5.75 Å². The van der Waals surface area contributed by atoms with Gasteiger partial charge in [-0.1, -0.05) is 54.0 Å². The van der Waals surface area contributed by atoms with Gasteiger partial charge in [-0.2, -0.15) is 0 Å². The van der Waals surface area contributed by atoms with Gasteiger partial charge in [-0.15, -0.1) is 0 Å². The van der Waals surface area contributed by atoms with Gasteiger partial charge in [-0.05, 0) is 96.8 Å². The summed E-state index contributed by atoms with van der Waals surface area (Å²) in [6.07, 6.45) is 2.09. The molecule has 162 valence electrons. The van der Waals surface area contributed by atoms with Crippen LogP contribution in [0.3, 0.4) is 0 Å². The van der Waals surface area contributed by atoms with Crippen molar-refractivity contribution in [2.75, 3.05) is 12.0 Å². The van der Waals surface area contributed by atoms with E-state index in [0.717, 1.165) is 23.1 Å². The normalized spacial score (nSPS) is 18.2. The van der Waals surface area contributed by atoms with E-state index < -0.39 is 0 Å². The van der Waals surface area contributed by atoms with E-state index >= 15 is 0 Å². The molecule has 0 aliphatic carbocycles. The van der Waals surface area contributed by atoms with Crippen LogP contribution in [-0.4, -0.2) is 7.11 Å². The molecule has 0 spiro atoms. The standard InChI is InChI=1S/C28H32BrNO/c1-18(2)14-22-8-11-25(15-19(22)3)30-20(4)27-13-12-26(31-5)16-23(27)17-28(30)21-6-9-24(29)10-7-21/h6-13,15-16,18,20,28H,14,17H2,1-5H3. The number of rotatable bonds is 5. The Morgan fingerprint density at radius 2 is 1.77 bits per heavy atom. The average molecular weight is 478 g/mol. The van der Waals surface area contributed by atoms with E-state index in [-0.39, 0.29) is 12.1 Å². The Morgan fingerprint density at radius 1 is 1.03 bits per heavy atom. The van der Waals surface area contributed by atoms with Crippen molar-refractivity contribution >= 4 is 21.6 Å². The van der Waals surface area contributed by atoms with Gasteiger partial charge < -0.3 is 9.64 Å². The Kier molecular flexibility index (Phi) is 6.43. The Bertz CT molecular complexity index is 1060. The Labute approximate surface area is 195 Å². The van der Waals surface area contributed by atoms with Gasteiger partial charge in [0, 0.05) is 10.2 Å². The zero-order chi connectivity index (χ0) is 22.1. The largest absolute Gasteiger partial charge is 0.497 e. The third-order valence-electron chi connectivity index (χ3n) is 6.47. The van der Waals surface area contributed by atoms with E-state index in [1.165, 1.54) is 33.5 Å². The smallest absolute Gasteiger partial charge is 0.119 e. The molecule has 4 rings (SSSR count). The Hall–Kier alpha value is -2.26. The lowest BCUT2D eigenvalue weighted by Crippen LogP contribution is -2.37. The average Bonchev–Trinajstić information content (AvgIpc) is 2.75. The highest BCUT2D eigenvalue weighted by Crippen LogP contribution is 2.44. The molecular weight excluding hydrogens is 446 g/mol. The summed E-state index contributed by atoms with van der Waals surface area (Å²) in [6.45, 7) is 9.15. The Morgan fingerprint density at radius 3 is 2.42 bits per heavy atom. The number of halogens is 1. The van der Waals surface area contributed by atoms with Crippen molar-refractivity contribution in [1.29, 1.82) is 0 Å². The molecule has 2 unspecified atom stereocenters. The van der Waals surface area contributed by atoms with Crippen LogP contribution in [0.2, 0.25) is 0 Å². The Balaban J connectivity index is 1.80. The fourth-order valence-electron chi connectivity index (χ4n) is 4.90. The summed E-state index contributed by atoms with van der Waals surface area (Å²) in [5.41, 5.74) is 8.24. The van der Waals surface area contributed by atoms with Crippen LogP contribution in [0, 0.1) is 12.8 Å². The van der Waals surface area contributed by atoms with Crippen molar-refractivity contribution in [3.05, 3.63) is 93.0 Å². The number of hydrogen-bond acceptors (Lipinski definition) is 2. The summed E-state index contributed by atoms with van der Waals surface area (Å²) in [6, 6.07) is 22.9. The number of benzene rings is 3. The van der Waals surface area contributed by atoms with E-state index in [2.05, 4.69) is 109 Å². The van der Waals surface area contributed by atoms with Crippen molar-refractivity contribution in [3.63, 3.8) is 0 Å². The summed E-state index contributed by atoms with van der Waals surface area (Å²) in [7, 11) is 1.74. The number of hydrogen-bond donors (Lipinski definition) is 0. The molecule has 3 heteroatoms. The van der Waals surface area contributed by atoms with Crippen LogP contribution in [0.5, 0.6) is 5.75 Å². The zero-order valence-corrected chi connectivity index (χ0v) is 20.7. The van der Waals surface area contributed by atoms with Crippen LogP contribution < -0.4 is 9.64 Å². The first kappa shape index (κ1) is 22.0. The number of anilines is 1. The van der Waals surface area contributed by atoms with Crippen LogP contribution in [-0.2, 0) is 12.8 Å². The number of fused-ring (bicyclic) bond motifs is 1. The van der Waals surface area contributed by atoms with Gasteiger partial charge >= 0.3 is 0 Å². The van der Waals surface area contributed by atoms with E-state index in [0.29, 0.717) is 5.92 Å². The molecular formula is C28H32BrNO. The summed E-state index contributed by atoms with van der Waals surface area (Å²) < 4.78 is 6.64. The highest BCUT2D eigenvalue weighted by atomic mass is 79.9. The molecule has 0 saturated heterocycles. The molecule has 1 heterocycles. The summed E-state index contributed by atoms with van der Waals surface area (Å²) in [5.74, 6) is 1.60. The van der Waals surface area contributed by atoms with Gasteiger partial charge in [0.05, 0.1) is 19.2 Å². The molecule has 1 aliphatic heterocycles. The lowest BCUT2D eigenvalue weighted by molar-refractivity contribution is 0.412. The van der Waals surface area contributed by atoms with Gasteiger partial charge in [0.2, 0.25) is 0 Å². The molecule has 0 aromatic heterocycles. The molecule has 0 amide bonds. The number of aryl methyl sites for hydroxylation is 1. The van der Waals surface area contributed by atoms with Crippen molar-refractivity contribution in [1.82, 2.24) is 0 Å².